The highest BCUT2D eigenvalue weighted by Gasteiger charge is 2.29. The monoisotopic (exact) mass is 467 g/mol. The van der Waals surface area contributed by atoms with Gasteiger partial charge in [-0.3, -0.25) is 4.21 Å². The van der Waals surface area contributed by atoms with Crippen molar-refractivity contribution in [3.05, 3.63) is 34.7 Å². The lowest BCUT2D eigenvalue weighted by Crippen LogP contribution is -2.47. The van der Waals surface area contributed by atoms with Gasteiger partial charge in [-0.05, 0) is 24.1 Å². The zero-order valence-corrected chi connectivity index (χ0v) is 19.2. The Bertz CT molecular complexity index is 984. The van der Waals surface area contributed by atoms with E-state index in [4.69, 9.17) is 21.6 Å². The Morgan fingerprint density at radius 2 is 1.94 bits per heavy atom. The largest absolute Gasteiger partial charge is 0.394 e. The Labute approximate surface area is 189 Å². The lowest BCUT2D eigenvalue weighted by Gasteiger charge is -2.36. The van der Waals surface area contributed by atoms with Gasteiger partial charge in [0.2, 0.25) is 5.95 Å². The van der Waals surface area contributed by atoms with E-state index in [9.17, 15) is 13.7 Å². The van der Waals surface area contributed by atoms with Crippen LogP contribution in [0.15, 0.2) is 23.1 Å². The van der Waals surface area contributed by atoms with Crippen molar-refractivity contribution in [3.8, 4) is 0 Å². The third-order valence-electron chi connectivity index (χ3n) is 5.83. The molecule has 0 spiro atoms. The number of aromatic nitrogens is 2. The van der Waals surface area contributed by atoms with Crippen LogP contribution in [0.1, 0.15) is 19.5 Å². The van der Waals surface area contributed by atoms with Crippen LogP contribution in [0.2, 0.25) is 5.02 Å². The smallest absolute Gasteiger partial charge is 0.227 e. The molecular weight excluding hydrogens is 441 g/mol. The first kappa shape index (κ1) is 22.2. The summed E-state index contributed by atoms with van der Waals surface area (Å²) in [5, 5.41) is 13.2. The number of fused-ring (bicyclic) bond motifs is 1. The second-order valence-electron chi connectivity index (χ2n) is 8.20. The number of hydrogen-bond donors (Lipinski definition) is 2. The zero-order valence-electron chi connectivity index (χ0n) is 17.6. The van der Waals surface area contributed by atoms with Gasteiger partial charge in [0.1, 0.15) is 16.5 Å². The lowest BCUT2D eigenvalue weighted by atomic mass is 10.1. The molecule has 3 heterocycles. The molecule has 1 aromatic heterocycles. The summed E-state index contributed by atoms with van der Waals surface area (Å²) in [4.78, 5) is 14.3. The number of aliphatic hydroxyl groups is 1. The molecule has 31 heavy (non-hydrogen) atoms. The first-order valence-corrected chi connectivity index (χ1v) is 12.2. The van der Waals surface area contributed by atoms with E-state index in [2.05, 4.69) is 15.1 Å². The highest BCUT2D eigenvalue weighted by atomic mass is 35.5. The number of halogens is 2. The highest BCUT2D eigenvalue weighted by molar-refractivity contribution is 7.85. The van der Waals surface area contributed by atoms with Crippen molar-refractivity contribution in [3.63, 3.8) is 0 Å². The van der Waals surface area contributed by atoms with Crippen molar-refractivity contribution in [1.29, 1.82) is 0 Å². The van der Waals surface area contributed by atoms with Crippen molar-refractivity contribution in [2.45, 2.75) is 31.2 Å². The first-order chi connectivity index (χ1) is 14.9. The Morgan fingerprint density at radius 1 is 1.23 bits per heavy atom. The summed E-state index contributed by atoms with van der Waals surface area (Å²) in [7, 11) is -1.13. The molecule has 2 N–H and O–H groups in total. The van der Waals surface area contributed by atoms with Crippen LogP contribution in [-0.4, -0.2) is 63.9 Å². The molecule has 2 aliphatic rings. The summed E-state index contributed by atoms with van der Waals surface area (Å²) in [6.45, 7) is 6.76. The highest BCUT2D eigenvalue weighted by Crippen LogP contribution is 2.31. The van der Waals surface area contributed by atoms with E-state index in [1.165, 1.54) is 6.07 Å². The predicted molar refractivity (Wildman–Crippen MR) is 122 cm³/mol. The average Bonchev–Trinajstić information content (AvgIpc) is 3.14. The maximum absolute atomic E-state index is 13.8. The third-order valence-corrected chi connectivity index (χ3v) is 7.60. The number of anilines is 3. The average molecular weight is 468 g/mol. The van der Waals surface area contributed by atoms with Crippen LogP contribution in [0.3, 0.4) is 0 Å². The van der Waals surface area contributed by atoms with Crippen molar-refractivity contribution in [2.75, 3.05) is 53.7 Å². The van der Waals surface area contributed by atoms with Gasteiger partial charge in [-0.1, -0.05) is 25.4 Å². The number of hydrogen-bond acceptors (Lipinski definition) is 7. The summed E-state index contributed by atoms with van der Waals surface area (Å²) in [5.41, 5.74) is 1.62. The molecule has 2 aliphatic heterocycles. The molecule has 0 aliphatic carbocycles. The maximum Gasteiger partial charge on any atom is 0.227 e. The summed E-state index contributed by atoms with van der Waals surface area (Å²) in [6.07, 6.45) is 0.654. The van der Waals surface area contributed by atoms with Crippen molar-refractivity contribution in [2.24, 2.45) is 5.92 Å². The Kier molecular flexibility index (Phi) is 6.64. The summed E-state index contributed by atoms with van der Waals surface area (Å²) >= 11 is 5.80. The van der Waals surface area contributed by atoms with Crippen LogP contribution in [0.5, 0.6) is 0 Å². The van der Waals surface area contributed by atoms with E-state index < -0.39 is 16.6 Å². The fourth-order valence-electron chi connectivity index (χ4n) is 3.87. The van der Waals surface area contributed by atoms with Gasteiger partial charge in [-0.25, -0.2) is 9.37 Å². The molecule has 0 amide bonds. The quantitative estimate of drug-likeness (QED) is 0.676. The minimum Gasteiger partial charge on any atom is -0.394 e. The molecule has 1 fully saturated rings. The van der Waals surface area contributed by atoms with E-state index in [0.29, 0.717) is 55.0 Å². The summed E-state index contributed by atoms with van der Waals surface area (Å²) in [6, 6.07) is 4.68. The van der Waals surface area contributed by atoms with Gasteiger partial charge in [0.25, 0.3) is 0 Å². The SMILES string of the molecule is CC(C)C(CO)Nc1nc(N2CCN(c3ccc(Cl)c(F)c3)CC2)nc2c1[S@](=O)CC2. The number of piperazine rings is 1. The fourth-order valence-corrected chi connectivity index (χ4v) is 5.30. The number of benzene rings is 1. The van der Waals surface area contributed by atoms with E-state index in [-0.39, 0.29) is 23.6 Å². The normalized spacial score (nSPS) is 19.6. The number of nitrogens with one attached hydrogen (secondary N) is 1. The molecule has 0 bridgehead atoms. The molecule has 2 aromatic rings. The van der Waals surface area contributed by atoms with Crippen molar-refractivity contribution in [1.82, 2.24) is 9.97 Å². The van der Waals surface area contributed by atoms with Gasteiger partial charge >= 0.3 is 0 Å². The number of rotatable bonds is 6. The van der Waals surface area contributed by atoms with Gasteiger partial charge in [0.15, 0.2) is 0 Å². The van der Waals surface area contributed by atoms with Gasteiger partial charge in [-0.15, -0.1) is 0 Å². The molecule has 1 saturated heterocycles. The molecule has 1 aromatic carbocycles. The van der Waals surface area contributed by atoms with E-state index in [1.807, 2.05) is 19.9 Å². The first-order valence-electron chi connectivity index (χ1n) is 10.5. The lowest BCUT2D eigenvalue weighted by molar-refractivity contribution is 0.249. The van der Waals surface area contributed by atoms with Crippen LogP contribution in [0, 0.1) is 11.7 Å². The molecule has 1 unspecified atom stereocenters. The topological polar surface area (TPSA) is 81.6 Å². The van der Waals surface area contributed by atoms with E-state index in [0.717, 1.165) is 11.4 Å². The molecule has 4 rings (SSSR count). The van der Waals surface area contributed by atoms with Crippen molar-refractivity contribution < 1.29 is 13.7 Å². The number of nitrogens with zero attached hydrogens (tertiary/aromatic N) is 4. The minimum absolute atomic E-state index is 0.0330. The third kappa shape index (κ3) is 4.63. The summed E-state index contributed by atoms with van der Waals surface area (Å²) in [5.74, 6) is 1.48. The van der Waals surface area contributed by atoms with Crippen molar-refractivity contribution >= 4 is 39.9 Å². The molecule has 10 heteroatoms. The predicted octanol–water partition coefficient (Wildman–Crippen LogP) is 2.69. The van der Waals surface area contributed by atoms with Crippen LogP contribution >= 0.6 is 11.6 Å². The molecule has 0 radical (unpaired) electrons. The fraction of sp³-hybridized carbons (Fsp3) is 0.524. The Balaban J connectivity index is 1.54. The van der Waals surface area contributed by atoms with Gasteiger partial charge < -0.3 is 20.2 Å². The zero-order chi connectivity index (χ0) is 22.1. The van der Waals surface area contributed by atoms with E-state index >= 15 is 0 Å². The molecular formula is C21H27ClFN5O2S. The van der Waals surface area contributed by atoms with E-state index in [1.54, 1.807) is 6.07 Å². The summed E-state index contributed by atoms with van der Waals surface area (Å²) < 4.78 is 26.4. The van der Waals surface area contributed by atoms with Crippen LogP contribution in [0.4, 0.5) is 21.8 Å². The Morgan fingerprint density at radius 3 is 2.58 bits per heavy atom. The second kappa shape index (κ2) is 9.26. The maximum atomic E-state index is 13.8. The van der Waals surface area contributed by atoms with Crippen LogP contribution < -0.4 is 15.1 Å². The Hall–Kier alpha value is -1.97. The molecule has 7 nitrogen and oxygen atoms in total. The standard InChI is InChI=1S/C21H27ClFN5O2S/c1-13(2)18(12-29)24-20-19-17(5-10-31(19)30)25-21(26-20)28-8-6-27(7-9-28)14-3-4-15(22)16(23)11-14/h3-4,11,13,18,29H,5-10,12H2,1-2H3,(H,24,25,26)/t18?,31-/m1/s1. The minimum atomic E-state index is -1.13. The van der Waals surface area contributed by atoms with Crippen LogP contribution in [-0.2, 0) is 17.2 Å². The molecule has 2 atom stereocenters. The van der Waals surface area contributed by atoms with Gasteiger partial charge in [0.05, 0.1) is 34.2 Å². The molecule has 168 valence electrons. The van der Waals surface area contributed by atoms with Gasteiger partial charge in [-0.2, -0.15) is 4.98 Å². The van der Waals surface area contributed by atoms with Crippen LogP contribution in [0.25, 0.3) is 0 Å². The second-order valence-corrected chi connectivity index (χ2v) is 10.1. The molecule has 0 saturated carbocycles. The number of aryl methyl sites for hydroxylation is 1. The number of aliphatic hydroxyl groups excluding tert-OH is 1. The van der Waals surface area contributed by atoms with Gasteiger partial charge in [0, 0.05) is 44.0 Å².